The molecule has 0 aliphatic carbocycles. The Bertz CT molecular complexity index is 113. The minimum absolute atomic E-state index is 0.235. The van der Waals surface area contributed by atoms with Crippen molar-refractivity contribution in [2.24, 2.45) is 0 Å². The summed E-state index contributed by atoms with van der Waals surface area (Å²) in [6.07, 6.45) is 0.121. The molecule has 86 valence electrons. The van der Waals surface area contributed by atoms with Crippen LogP contribution >= 0.6 is 0 Å². The Morgan fingerprint density at radius 3 is 1.57 bits per heavy atom. The van der Waals surface area contributed by atoms with E-state index >= 15 is 0 Å². The second-order valence-electron chi connectivity index (χ2n) is 2.70. The molecule has 0 aromatic rings. The van der Waals surface area contributed by atoms with E-state index in [1.807, 2.05) is 20.8 Å². The summed E-state index contributed by atoms with van der Waals surface area (Å²) in [4.78, 5) is 0. The van der Waals surface area contributed by atoms with Gasteiger partial charge in [0.15, 0.2) is 12.6 Å². The molecule has 0 amide bonds. The highest BCUT2D eigenvalue weighted by Crippen LogP contribution is 2.08. The van der Waals surface area contributed by atoms with Crippen LogP contribution < -0.4 is 0 Å². The van der Waals surface area contributed by atoms with Crippen molar-refractivity contribution in [3.63, 3.8) is 0 Å². The molecular weight excluding hydrogens is 184 g/mol. The van der Waals surface area contributed by atoms with E-state index in [1.165, 1.54) is 0 Å². The van der Waals surface area contributed by atoms with Gasteiger partial charge in [-0.1, -0.05) is 0 Å². The Morgan fingerprint density at radius 2 is 1.21 bits per heavy atom. The first-order chi connectivity index (χ1) is 6.78. The molecule has 0 saturated heterocycles. The first-order valence-corrected chi connectivity index (χ1v) is 5.15. The lowest BCUT2D eigenvalue weighted by atomic mass is 10.4. The maximum absolute atomic E-state index is 5.38. The summed E-state index contributed by atoms with van der Waals surface area (Å²) in [7, 11) is 1.62. The van der Waals surface area contributed by atoms with Gasteiger partial charge in [0.2, 0.25) is 0 Å². The third-order valence-electron chi connectivity index (χ3n) is 1.71. The monoisotopic (exact) mass is 206 g/mol. The van der Waals surface area contributed by atoms with Gasteiger partial charge in [-0.15, -0.1) is 0 Å². The van der Waals surface area contributed by atoms with Crippen molar-refractivity contribution in [3.8, 4) is 0 Å². The normalized spacial score (nSPS) is 13.5. The molecule has 0 spiro atoms. The Kier molecular flexibility index (Phi) is 9.29. The Balaban J connectivity index is 3.83. The fourth-order valence-electron chi connectivity index (χ4n) is 1.13. The van der Waals surface area contributed by atoms with Crippen LogP contribution in [0.3, 0.4) is 0 Å². The molecule has 4 nitrogen and oxygen atoms in total. The lowest BCUT2D eigenvalue weighted by Gasteiger charge is -2.22. The molecule has 0 fully saturated rings. The van der Waals surface area contributed by atoms with Crippen molar-refractivity contribution in [3.05, 3.63) is 0 Å². The van der Waals surface area contributed by atoms with Crippen molar-refractivity contribution in [1.82, 2.24) is 0 Å². The van der Waals surface area contributed by atoms with E-state index in [0.29, 0.717) is 26.2 Å². The van der Waals surface area contributed by atoms with E-state index in [2.05, 4.69) is 0 Å². The zero-order valence-electron chi connectivity index (χ0n) is 9.62. The zero-order valence-corrected chi connectivity index (χ0v) is 9.62. The summed E-state index contributed by atoms with van der Waals surface area (Å²) < 4.78 is 21.2. The van der Waals surface area contributed by atoms with Gasteiger partial charge in [0.25, 0.3) is 0 Å². The van der Waals surface area contributed by atoms with Gasteiger partial charge in [0.1, 0.15) is 0 Å². The highest BCUT2D eigenvalue weighted by molar-refractivity contribution is 4.50. The third kappa shape index (κ3) is 6.32. The predicted molar refractivity (Wildman–Crippen MR) is 54.1 cm³/mol. The number of methoxy groups -OCH3 is 1. The second-order valence-corrected chi connectivity index (χ2v) is 2.70. The number of hydrogen-bond acceptors (Lipinski definition) is 4. The molecule has 0 saturated carbocycles. The smallest absolute Gasteiger partial charge is 0.162 e. The second kappa shape index (κ2) is 9.40. The maximum Gasteiger partial charge on any atom is 0.162 e. The molecule has 0 bridgehead atoms. The SMILES string of the molecule is CCOC(CC(OCC)OCC)OC. The molecule has 0 aliphatic rings. The van der Waals surface area contributed by atoms with E-state index in [9.17, 15) is 0 Å². The quantitative estimate of drug-likeness (QED) is 0.539. The average molecular weight is 206 g/mol. The van der Waals surface area contributed by atoms with Gasteiger partial charge in [-0.3, -0.25) is 0 Å². The number of ether oxygens (including phenoxy) is 4. The lowest BCUT2D eigenvalue weighted by Crippen LogP contribution is -2.27. The van der Waals surface area contributed by atoms with Crippen LogP contribution in [0.1, 0.15) is 27.2 Å². The Hall–Kier alpha value is -0.160. The van der Waals surface area contributed by atoms with Gasteiger partial charge >= 0.3 is 0 Å². The summed E-state index contributed by atoms with van der Waals surface area (Å²) in [5, 5.41) is 0. The van der Waals surface area contributed by atoms with Crippen LogP contribution in [0.4, 0.5) is 0 Å². The fraction of sp³-hybridized carbons (Fsp3) is 1.00. The van der Waals surface area contributed by atoms with Crippen LogP contribution in [0.2, 0.25) is 0 Å². The summed E-state index contributed by atoms with van der Waals surface area (Å²) in [5.74, 6) is 0. The molecule has 4 heteroatoms. The molecule has 0 rings (SSSR count). The van der Waals surface area contributed by atoms with Crippen LogP contribution in [0, 0.1) is 0 Å². The topological polar surface area (TPSA) is 36.9 Å². The first kappa shape index (κ1) is 13.8. The molecule has 1 unspecified atom stereocenters. The summed E-state index contributed by atoms with van der Waals surface area (Å²) in [5.41, 5.74) is 0. The van der Waals surface area contributed by atoms with Gasteiger partial charge in [-0.2, -0.15) is 0 Å². The summed E-state index contributed by atoms with van der Waals surface area (Å²) in [6, 6.07) is 0. The van der Waals surface area contributed by atoms with Crippen molar-refractivity contribution in [2.45, 2.75) is 39.8 Å². The zero-order chi connectivity index (χ0) is 10.8. The minimum atomic E-state index is -0.247. The Labute approximate surface area is 86.5 Å². The van der Waals surface area contributed by atoms with Crippen LogP contribution in [-0.4, -0.2) is 39.5 Å². The number of rotatable bonds is 9. The van der Waals surface area contributed by atoms with Crippen molar-refractivity contribution in [2.75, 3.05) is 26.9 Å². The van der Waals surface area contributed by atoms with E-state index in [-0.39, 0.29) is 12.6 Å². The fourth-order valence-corrected chi connectivity index (χ4v) is 1.13. The largest absolute Gasteiger partial charge is 0.356 e. The number of hydrogen-bond donors (Lipinski definition) is 0. The minimum Gasteiger partial charge on any atom is -0.356 e. The van der Waals surface area contributed by atoms with Gasteiger partial charge in [-0.25, -0.2) is 0 Å². The van der Waals surface area contributed by atoms with Crippen LogP contribution in [0.5, 0.6) is 0 Å². The van der Waals surface area contributed by atoms with Crippen molar-refractivity contribution in [1.29, 1.82) is 0 Å². The Morgan fingerprint density at radius 1 is 0.786 bits per heavy atom. The molecule has 0 aromatic heterocycles. The summed E-state index contributed by atoms with van der Waals surface area (Å²) in [6.45, 7) is 7.70. The highest BCUT2D eigenvalue weighted by Gasteiger charge is 2.16. The molecule has 0 heterocycles. The van der Waals surface area contributed by atoms with E-state index in [4.69, 9.17) is 18.9 Å². The van der Waals surface area contributed by atoms with Crippen LogP contribution in [0.15, 0.2) is 0 Å². The summed E-state index contributed by atoms with van der Waals surface area (Å²) >= 11 is 0. The molecule has 0 N–H and O–H groups in total. The van der Waals surface area contributed by atoms with Crippen LogP contribution in [0.25, 0.3) is 0 Å². The molecular formula is C10H22O4. The lowest BCUT2D eigenvalue weighted by molar-refractivity contribution is -0.201. The third-order valence-corrected chi connectivity index (χ3v) is 1.71. The van der Waals surface area contributed by atoms with Crippen LogP contribution in [-0.2, 0) is 18.9 Å². The van der Waals surface area contributed by atoms with E-state index in [1.54, 1.807) is 7.11 Å². The van der Waals surface area contributed by atoms with Gasteiger partial charge in [0.05, 0.1) is 0 Å². The van der Waals surface area contributed by atoms with Gasteiger partial charge in [-0.05, 0) is 20.8 Å². The van der Waals surface area contributed by atoms with Crippen molar-refractivity contribution < 1.29 is 18.9 Å². The van der Waals surface area contributed by atoms with Gasteiger partial charge in [0, 0.05) is 33.4 Å². The molecule has 0 aliphatic heterocycles. The molecule has 14 heavy (non-hydrogen) atoms. The van der Waals surface area contributed by atoms with E-state index in [0.717, 1.165) is 0 Å². The molecule has 0 aromatic carbocycles. The predicted octanol–water partition coefficient (Wildman–Crippen LogP) is 1.78. The molecule has 1 atom stereocenters. The first-order valence-electron chi connectivity index (χ1n) is 5.15. The van der Waals surface area contributed by atoms with Crippen molar-refractivity contribution >= 4 is 0 Å². The molecule has 0 radical (unpaired) electrons. The van der Waals surface area contributed by atoms with Gasteiger partial charge < -0.3 is 18.9 Å². The standard InChI is InChI=1S/C10H22O4/c1-5-12-9(11-4)8-10(13-6-2)14-7-3/h9-10H,5-8H2,1-4H3. The highest BCUT2D eigenvalue weighted by atomic mass is 16.7. The van der Waals surface area contributed by atoms with E-state index < -0.39 is 0 Å². The maximum atomic E-state index is 5.38. The average Bonchev–Trinajstić information content (AvgIpc) is 2.18.